The Morgan fingerprint density at radius 2 is 2.00 bits per heavy atom. The molecule has 3 nitrogen and oxygen atoms in total. The Bertz CT molecular complexity index is 293. The molecule has 76 valence electrons. The zero-order valence-corrected chi connectivity index (χ0v) is 8.54. The van der Waals surface area contributed by atoms with E-state index in [1.807, 2.05) is 24.3 Å². The van der Waals surface area contributed by atoms with Crippen molar-refractivity contribution in [2.75, 3.05) is 13.7 Å². The minimum atomic E-state index is 0.151. The maximum Gasteiger partial charge on any atom is 0.143 e. The highest BCUT2D eigenvalue weighted by atomic mass is 16.5. The summed E-state index contributed by atoms with van der Waals surface area (Å²) in [7, 11) is 1.64. The molecular weight excluding hydrogens is 178 g/mol. The predicted molar refractivity (Wildman–Crippen MR) is 55.4 cm³/mol. The number of hydrogen-bond donors (Lipinski definition) is 1. The lowest BCUT2D eigenvalue weighted by Crippen LogP contribution is -2.20. The number of hydrogen-bond acceptors (Lipinski definition) is 3. The van der Waals surface area contributed by atoms with Gasteiger partial charge in [-0.3, -0.25) is 4.79 Å². The Morgan fingerprint density at radius 3 is 2.50 bits per heavy atom. The minimum Gasteiger partial charge on any atom is -0.497 e. The molecule has 0 spiro atoms. The van der Waals surface area contributed by atoms with Crippen molar-refractivity contribution in [2.24, 2.45) is 0 Å². The van der Waals surface area contributed by atoms with E-state index in [1.54, 1.807) is 14.0 Å². The average Bonchev–Trinajstić information content (AvgIpc) is 2.18. The molecule has 1 rings (SSSR count). The molecule has 1 N–H and O–H groups in total. The van der Waals surface area contributed by atoms with Gasteiger partial charge in [-0.05, 0) is 24.6 Å². The normalized spacial score (nSPS) is 9.86. The van der Waals surface area contributed by atoms with Gasteiger partial charge in [0.2, 0.25) is 0 Å². The molecule has 0 radical (unpaired) electrons. The molecule has 1 aromatic rings. The maximum atomic E-state index is 10.7. The van der Waals surface area contributed by atoms with Crippen molar-refractivity contribution in [2.45, 2.75) is 13.5 Å². The zero-order chi connectivity index (χ0) is 10.4. The summed E-state index contributed by atoms with van der Waals surface area (Å²) < 4.78 is 5.04. The summed E-state index contributed by atoms with van der Waals surface area (Å²) in [5.74, 6) is 0.999. The number of methoxy groups -OCH3 is 1. The van der Waals surface area contributed by atoms with E-state index in [1.165, 1.54) is 0 Å². The summed E-state index contributed by atoms with van der Waals surface area (Å²) in [6.45, 7) is 2.70. The van der Waals surface area contributed by atoms with Crippen LogP contribution in [0.15, 0.2) is 24.3 Å². The largest absolute Gasteiger partial charge is 0.497 e. The second kappa shape index (κ2) is 5.40. The third-order valence-corrected chi connectivity index (χ3v) is 1.86. The first kappa shape index (κ1) is 10.7. The lowest BCUT2D eigenvalue weighted by atomic mass is 10.2. The molecule has 0 bridgehead atoms. The summed E-state index contributed by atoms with van der Waals surface area (Å²) in [6, 6.07) is 7.77. The first-order chi connectivity index (χ1) is 6.72. The Hall–Kier alpha value is -1.35. The Balaban J connectivity index is 2.40. The highest BCUT2D eigenvalue weighted by Crippen LogP contribution is 2.10. The monoisotopic (exact) mass is 193 g/mol. The molecule has 0 fully saturated rings. The van der Waals surface area contributed by atoms with E-state index in [9.17, 15) is 4.79 Å². The van der Waals surface area contributed by atoms with Gasteiger partial charge < -0.3 is 10.1 Å². The fourth-order valence-electron chi connectivity index (χ4n) is 1.13. The van der Waals surface area contributed by atoms with Crippen LogP contribution in [0, 0.1) is 0 Å². The van der Waals surface area contributed by atoms with Crippen molar-refractivity contribution in [3.8, 4) is 5.75 Å². The van der Waals surface area contributed by atoms with Crippen molar-refractivity contribution < 1.29 is 9.53 Å². The first-order valence-electron chi connectivity index (χ1n) is 4.55. The average molecular weight is 193 g/mol. The molecule has 0 atom stereocenters. The molecule has 14 heavy (non-hydrogen) atoms. The van der Waals surface area contributed by atoms with Crippen LogP contribution in [0.5, 0.6) is 5.75 Å². The van der Waals surface area contributed by atoms with Crippen LogP contribution in [-0.4, -0.2) is 19.4 Å². The van der Waals surface area contributed by atoms with Gasteiger partial charge in [0.1, 0.15) is 11.5 Å². The van der Waals surface area contributed by atoms with Crippen molar-refractivity contribution in [3.05, 3.63) is 29.8 Å². The topological polar surface area (TPSA) is 38.3 Å². The van der Waals surface area contributed by atoms with Gasteiger partial charge in [-0.1, -0.05) is 12.1 Å². The number of carbonyl (C=O) groups is 1. The highest BCUT2D eigenvalue weighted by Gasteiger charge is 1.95. The van der Waals surface area contributed by atoms with Crippen LogP contribution in [0.2, 0.25) is 0 Å². The summed E-state index contributed by atoms with van der Waals surface area (Å²) in [5.41, 5.74) is 1.15. The van der Waals surface area contributed by atoms with Crippen molar-refractivity contribution in [1.82, 2.24) is 5.32 Å². The van der Waals surface area contributed by atoms with Gasteiger partial charge in [0, 0.05) is 6.54 Å². The molecule has 0 saturated heterocycles. The van der Waals surface area contributed by atoms with Gasteiger partial charge in [-0.2, -0.15) is 0 Å². The molecule has 1 aromatic carbocycles. The third kappa shape index (κ3) is 3.58. The fourth-order valence-corrected chi connectivity index (χ4v) is 1.13. The molecule has 0 aliphatic carbocycles. The standard InChI is InChI=1S/C11H15NO2/c1-9(13)7-12-8-10-3-5-11(14-2)6-4-10/h3-6,12H,7-8H2,1-2H3. The van der Waals surface area contributed by atoms with Gasteiger partial charge in [-0.15, -0.1) is 0 Å². The van der Waals surface area contributed by atoms with Crippen molar-refractivity contribution in [3.63, 3.8) is 0 Å². The van der Waals surface area contributed by atoms with E-state index in [-0.39, 0.29) is 5.78 Å². The lowest BCUT2D eigenvalue weighted by Gasteiger charge is -2.04. The van der Waals surface area contributed by atoms with Gasteiger partial charge in [0.15, 0.2) is 0 Å². The van der Waals surface area contributed by atoms with Gasteiger partial charge in [0.05, 0.1) is 13.7 Å². The number of rotatable bonds is 5. The van der Waals surface area contributed by atoms with Crippen LogP contribution in [-0.2, 0) is 11.3 Å². The van der Waals surface area contributed by atoms with Crippen LogP contribution in [0.3, 0.4) is 0 Å². The molecule has 0 unspecified atom stereocenters. The molecule has 0 amide bonds. The number of carbonyl (C=O) groups excluding carboxylic acids is 1. The summed E-state index contributed by atoms with van der Waals surface area (Å²) in [4.78, 5) is 10.7. The molecule has 0 saturated carbocycles. The van der Waals surface area contributed by atoms with Gasteiger partial charge in [0.25, 0.3) is 0 Å². The summed E-state index contributed by atoms with van der Waals surface area (Å²) in [6.07, 6.45) is 0. The molecule has 0 aliphatic heterocycles. The second-order valence-electron chi connectivity index (χ2n) is 3.15. The molecule has 0 aliphatic rings. The zero-order valence-electron chi connectivity index (χ0n) is 8.54. The van der Waals surface area contributed by atoms with Crippen molar-refractivity contribution in [1.29, 1.82) is 0 Å². The lowest BCUT2D eigenvalue weighted by molar-refractivity contribution is -0.116. The fraction of sp³-hybridized carbons (Fsp3) is 0.364. The molecule has 3 heteroatoms. The van der Waals surface area contributed by atoms with Crippen LogP contribution in [0.4, 0.5) is 0 Å². The number of ketones is 1. The Kier molecular flexibility index (Phi) is 4.13. The SMILES string of the molecule is COc1ccc(CNCC(C)=O)cc1. The third-order valence-electron chi connectivity index (χ3n) is 1.86. The van der Waals surface area contributed by atoms with E-state index in [2.05, 4.69) is 5.32 Å². The van der Waals surface area contributed by atoms with Crippen molar-refractivity contribution >= 4 is 5.78 Å². The van der Waals surface area contributed by atoms with E-state index in [0.29, 0.717) is 13.1 Å². The van der Waals surface area contributed by atoms with Gasteiger partial charge >= 0.3 is 0 Å². The van der Waals surface area contributed by atoms with Crippen LogP contribution < -0.4 is 10.1 Å². The minimum absolute atomic E-state index is 0.151. The predicted octanol–water partition coefficient (Wildman–Crippen LogP) is 1.37. The van der Waals surface area contributed by atoms with E-state index in [0.717, 1.165) is 11.3 Å². The molecule has 0 heterocycles. The number of nitrogens with one attached hydrogen (secondary N) is 1. The highest BCUT2D eigenvalue weighted by molar-refractivity contribution is 5.77. The Morgan fingerprint density at radius 1 is 1.36 bits per heavy atom. The maximum absolute atomic E-state index is 10.7. The van der Waals surface area contributed by atoms with Crippen LogP contribution in [0.25, 0.3) is 0 Å². The molecular formula is C11H15NO2. The number of Topliss-reactive ketones (excluding diaryl/α,β-unsaturated/α-hetero) is 1. The van der Waals surface area contributed by atoms with Crippen LogP contribution >= 0.6 is 0 Å². The number of ether oxygens (including phenoxy) is 1. The van der Waals surface area contributed by atoms with E-state index < -0.39 is 0 Å². The smallest absolute Gasteiger partial charge is 0.143 e. The second-order valence-corrected chi connectivity index (χ2v) is 3.15. The molecule has 0 aromatic heterocycles. The Labute approximate surface area is 84.1 Å². The van der Waals surface area contributed by atoms with Gasteiger partial charge in [-0.25, -0.2) is 0 Å². The van der Waals surface area contributed by atoms with Crippen LogP contribution in [0.1, 0.15) is 12.5 Å². The quantitative estimate of drug-likeness (QED) is 0.767. The summed E-state index contributed by atoms with van der Waals surface area (Å²) >= 11 is 0. The first-order valence-corrected chi connectivity index (χ1v) is 4.55. The van der Waals surface area contributed by atoms with E-state index >= 15 is 0 Å². The van der Waals surface area contributed by atoms with E-state index in [4.69, 9.17) is 4.74 Å². The number of benzene rings is 1. The summed E-state index contributed by atoms with van der Waals surface area (Å²) in [5, 5.41) is 3.05.